The Balaban J connectivity index is 2.15. The lowest BCUT2D eigenvalue weighted by molar-refractivity contribution is 0.0949. The minimum Gasteiger partial charge on any atom is -0.350 e. The number of carbonyl (C=O) groups is 2. The van der Waals surface area contributed by atoms with Crippen LogP contribution in [-0.2, 0) is 0 Å². The van der Waals surface area contributed by atoms with Crippen molar-refractivity contribution in [2.45, 2.75) is 19.9 Å². The summed E-state index contributed by atoms with van der Waals surface area (Å²) in [6, 6.07) is 10.9. The summed E-state index contributed by atoms with van der Waals surface area (Å²) >= 11 is 0. The molecule has 0 spiro atoms. The van der Waals surface area contributed by atoms with E-state index in [1.165, 1.54) is 18.2 Å². The van der Waals surface area contributed by atoms with E-state index in [2.05, 4.69) is 16.0 Å². The second-order valence-corrected chi connectivity index (χ2v) is 5.86. The lowest BCUT2D eigenvalue weighted by Gasteiger charge is -2.13. The van der Waals surface area contributed by atoms with E-state index in [1.807, 2.05) is 20.9 Å². The first-order valence-corrected chi connectivity index (χ1v) is 8.04. The third-order valence-electron chi connectivity index (χ3n) is 3.93. The fourth-order valence-corrected chi connectivity index (χ4v) is 2.18. The summed E-state index contributed by atoms with van der Waals surface area (Å²) in [4.78, 5) is 24.5. The van der Waals surface area contributed by atoms with Crippen LogP contribution in [-0.4, -0.2) is 31.4 Å². The molecule has 0 bridgehead atoms. The van der Waals surface area contributed by atoms with E-state index in [0.29, 0.717) is 17.8 Å². The zero-order valence-corrected chi connectivity index (χ0v) is 14.5. The van der Waals surface area contributed by atoms with E-state index >= 15 is 0 Å². The van der Waals surface area contributed by atoms with Crippen LogP contribution in [0, 0.1) is 12.7 Å². The van der Waals surface area contributed by atoms with Crippen molar-refractivity contribution in [1.29, 1.82) is 0 Å². The number of hydrogen-bond donors (Lipinski definition) is 3. The Morgan fingerprint density at radius 3 is 2.52 bits per heavy atom. The van der Waals surface area contributed by atoms with Crippen LogP contribution >= 0.6 is 0 Å². The Morgan fingerprint density at radius 2 is 1.84 bits per heavy atom. The van der Waals surface area contributed by atoms with Crippen LogP contribution in [0.2, 0.25) is 0 Å². The second-order valence-electron chi connectivity index (χ2n) is 5.86. The maximum absolute atomic E-state index is 13.7. The molecule has 2 amide bonds. The molecule has 25 heavy (non-hydrogen) atoms. The SMILES string of the molecule is CNC(C)CNC(=O)c1ccc(C)c(NC(=O)c2ccccc2F)c1. The van der Waals surface area contributed by atoms with Gasteiger partial charge in [-0.05, 0) is 50.7 Å². The first-order valence-electron chi connectivity index (χ1n) is 8.04. The largest absolute Gasteiger partial charge is 0.350 e. The molecule has 6 heteroatoms. The van der Waals surface area contributed by atoms with Gasteiger partial charge in [-0.25, -0.2) is 4.39 Å². The highest BCUT2D eigenvalue weighted by atomic mass is 19.1. The lowest BCUT2D eigenvalue weighted by Crippen LogP contribution is -2.37. The number of halogens is 1. The van der Waals surface area contributed by atoms with Crippen LogP contribution in [0.15, 0.2) is 42.5 Å². The number of amides is 2. The van der Waals surface area contributed by atoms with E-state index in [4.69, 9.17) is 0 Å². The zero-order chi connectivity index (χ0) is 18.4. The van der Waals surface area contributed by atoms with Crippen molar-refractivity contribution >= 4 is 17.5 Å². The van der Waals surface area contributed by atoms with Gasteiger partial charge in [0, 0.05) is 23.8 Å². The van der Waals surface area contributed by atoms with E-state index in [1.54, 1.807) is 24.3 Å². The second kappa shape index (κ2) is 8.39. The number of anilines is 1. The molecule has 0 aliphatic carbocycles. The number of carbonyl (C=O) groups excluding carboxylic acids is 2. The molecule has 5 nitrogen and oxygen atoms in total. The van der Waals surface area contributed by atoms with Gasteiger partial charge in [0.2, 0.25) is 0 Å². The highest BCUT2D eigenvalue weighted by molar-refractivity contribution is 6.05. The molecule has 1 unspecified atom stereocenters. The van der Waals surface area contributed by atoms with Gasteiger partial charge in [-0.3, -0.25) is 9.59 Å². The lowest BCUT2D eigenvalue weighted by atomic mass is 10.1. The van der Waals surface area contributed by atoms with Crippen molar-refractivity contribution in [3.05, 3.63) is 65.0 Å². The maximum Gasteiger partial charge on any atom is 0.258 e. The van der Waals surface area contributed by atoms with Crippen LogP contribution < -0.4 is 16.0 Å². The predicted molar refractivity (Wildman–Crippen MR) is 96.4 cm³/mol. The molecular formula is C19H22FN3O2. The molecule has 2 rings (SSSR count). The van der Waals surface area contributed by atoms with E-state index in [0.717, 1.165) is 5.56 Å². The molecule has 2 aromatic carbocycles. The van der Waals surface area contributed by atoms with Gasteiger partial charge in [-0.2, -0.15) is 0 Å². The Morgan fingerprint density at radius 1 is 1.12 bits per heavy atom. The fraction of sp³-hybridized carbons (Fsp3) is 0.263. The van der Waals surface area contributed by atoms with Gasteiger partial charge < -0.3 is 16.0 Å². The Labute approximate surface area is 146 Å². The van der Waals surface area contributed by atoms with Crippen molar-refractivity contribution < 1.29 is 14.0 Å². The van der Waals surface area contributed by atoms with Gasteiger partial charge in [0.15, 0.2) is 0 Å². The van der Waals surface area contributed by atoms with Crippen LogP contribution in [0.5, 0.6) is 0 Å². The molecule has 0 aliphatic heterocycles. The van der Waals surface area contributed by atoms with Gasteiger partial charge in [0.05, 0.1) is 5.56 Å². The quantitative estimate of drug-likeness (QED) is 0.755. The Kier molecular flexibility index (Phi) is 6.25. The summed E-state index contributed by atoms with van der Waals surface area (Å²) in [5.41, 5.74) is 1.64. The normalized spacial score (nSPS) is 11.7. The summed E-state index contributed by atoms with van der Waals surface area (Å²) in [5, 5.41) is 8.52. The third kappa shape index (κ3) is 4.87. The number of rotatable bonds is 6. The monoisotopic (exact) mass is 343 g/mol. The smallest absolute Gasteiger partial charge is 0.258 e. The minimum atomic E-state index is -0.590. The standard InChI is InChI=1S/C19H22FN3O2/c1-12-8-9-14(18(24)22-11-13(2)21-3)10-17(12)23-19(25)15-6-4-5-7-16(15)20/h4-10,13,21H,11H2,1-3H3,(H,22,24)(H,23,25). The molecule has 0 saturated heterocycles. The summed E-state index contributed by atoms with van der Waals surface area (Å²) in [6.07, 6.45) is 0. The number of likely N-dealkylation sites (N-methyl/N-ethyl adjacent to an activating group) is 1. The molecule has 0 aliphatic rings. The predicted octanol–water partition coefficient (Wildman–Crippen LogP) is 2.72. The fourth-order valence-electron chi connectivity index (χ4n) is 2.18. The average molecular weight is 343 g/mol. The van der Waals surface area contributed by atoms with Gasteiger partial charge in [-0.1, -0.05) is 18.2 Å². The molecule has 0 heterocycles. The Bertz CT molecular complexity index is 777. The van der Waals surface area contributed by atoms with Gasteiger partial charge >= 0.3 is 0 Å². The number of hydrogen-bond acceptors (Lipinski definition) is 3. The molecule has 2 aromatic rings. The van der Waals surface area contributed by atoms with E-state index < -0.39 is 11.7 Å². The van der Waals surface area contributed by atoms with Crippen LogP contribution in [0.1, 0.15) is 33.2 Å². The highest BCUT2D eigenvalue weighted by Crippen LogP contribution is 2.19. The molecule has 1 atom stereocenters. The zero-order valence-electron chi connectivity index (χ0n) is 14.5. The summed E-state index contributed by atoms with van der Waals surface area (Å²) in [6.45, 7) is 4.25. The van der Waals surface area contributed by atoms with Gasteiger partial charge in [0.25, 0.3) is 11.8 Å². The average Bonchev–Trinajstić information content (AvgIpc) is 2.61. The number of nitrogens with one attached hydrogen (secondary N) is 3. The molecule has 0 aromatic heterocycles. The van der Waals surface area contributed by atoms with Crippen LogP contribution in [0.4, 0.5) is 10.1 Å². The van der Waals surface area contributed by atoms with Crippen molar-refractivity contribution in [3.63, 3.8) is 0 Å². The van der Waals surface area contributed by atoms with Crippen LogP contribution in [0.25, 0.3) is 0 Å². The Hall–Kier alpha value is -2.73. The molecule has 132 valence electrons. The highest BCUT2D eigenvalue weighted by Gasteiger charge is 2.14. The van der Waals surface area contributed by atoms with E-state index in [9.17, 15) is 14.0 Å². The molecule has 0 radical (unpaired) electrons. The number of benzene rings is 2. The molecule has 0 fully saturated rings. The maximum atomic E-state index is 13.7. The van der Waals surface area contributed by atoms with E-state index in [-0.39, 0.29) is 17.5 Å². The molecular weight excluding hydrogens is 321 g/mol. The minimum absolute atomic E-state index is 0.0420. The first-order chi connectivity index (χ1) is 11.9. The van der Waals surface area contributed by atoms with Crippen LogP contribution in [0.3, 0.4) is 0 Å². The van der Waals surface area contributed by atoms with Crippen molar-refractivity contribution in [2.75, 3.05) is 18.9 Å². The van der Waals surface area contributed by atoms with Gasteiger partial charge in [-0.15, -0.1) is 0 Å². The van der Waals surface area contributed by atoms with Crippen molar-refractivity contribution in [3.8, 4) is 0 Å². The van der Waals surface area contributed by atoms with Crippen molar-refractivity contribution in [2.24, 2.45) is 0 Å². The number of aryl methyl sites for hydroxylation is 1. The van der Waals surface area contributed by atoms with Gasteiger partial charge in [0.1, 0.15) is 5.82 Å². The summed E-state index contributed by atoms with van der Waals surface area (Å²) < 4.78 is 13.7. The summed E-state index contributed by atoms with van der Waals surface area (Å²) in [5.74, 6) is -1.38. The topological polar surface area (TPSA) is 70.2 Å². The van der Waals surface area contributed by atoms with Crippen molar-refractivity contribution in [1.82, 2.24) is 10.6 Å². The molecule has 3 N–H and O–H groups in total. The molecule has 0 saturated carbocycles. The summed E-state index contributed by atoms with van der Waals surface area (Å²) in [7, 11) is 1.82. The first kappa shape index (κ1) is 18.6. The third-order valence-corrected chi connectivity index (χ3v) is 3.93.